The van der Waals surface area contributed by atoms with Gasteiger partial charge in [-0.1, -0.05) is 18.2 Å². The number of nitrogens with zero attached hydrogens (tertiary/aromatic N) is 1. The van der Waals surface area contributed by atoms with E-state index in [-0.39, 0.29) is 11.7 Å². The van der Waals surface area contributed by atoms with Crippen LogP contribution in [0, 0.1) is 12.7 Å². The van der Waals surface area contributed by atoms with Crippen molar-refractivity contribution in [1.82, 2.24) is 10.3 Å². The number of thiazole rings is 1. The molecule has 1 N–H and O–H groups in total. The van der Waals surface area contributed by atoms with E-state index in [4.69, 9.17) is 0 Å². The first kappa shape index (κ1) is 14.9. The summed E-state index contributed by atoms with van der Waals surface area (Å²) in [6, 6.07) is 8.74. The molecule has 0 aliphatic rings. The fourth-order valence-corrected chi connectivity index (χ4v) is 3.60. The molecule has 6 heteroatoms. The molecule has 0 aliphatic heterocycles. The van der Waals surface area contributed by atoms with Gasteiger partial charge < -0.3 is 5.32 Å². The molecule has 0 fully saturated rings. The number of rotatable bonds is 4. The lowest BCUT2D eigenvalue weighted by Crippen LogP contribution is -2.23. The number of aromatic nitrogens is 1. The summed E-state index contributed by atoms with van der Waals surface area (Å²) < 4.78 is 13.2. The van der Waals surface area contributed by atoms with E-state index in [1.54, 1.807) is 35.8 Å². The lowest BCUT2D eigenvalue weighted by molar-refractivity contribution is 0.0946. The molecule has 1 aromatic carbocycles. The van der Waals surface area contributed by atoms with E-state index < -0.39 is 0 Å². The number of halogens is 1. The number of carbonyl (C=O) groups excluding carboxylic acids is 1. The first-order chi connectivity index (χ1) is 10.6. The van der Waals surface area contributed by atoms with Crippen LogP contribution in [-0.4, -0.2) is 10.9 Å². The minimum absolute atomic E-state index is 0.221. The summed E-state index contributed by atoms with van der Waals surface area (Å²) in [5.41, 5.74) is 1.84. The first-order valence-corrected chi connectivity index (χ1v) is 8.42. The highest BCUT2D eigenvalue weighted by Crippen LogP contribution is 2.27. The second kappa shape index (κ2) is 6.37. The van der Waals surface area contributed by atoms with Gasteiger partial charge in [0.1, 0.15) is 16.5 Å². The molecule has 3 aromatic rings. The Hall–Kier alpha value is -2.05. The van der Waals surface area contributed by atoms with Gasteiger partial charge in [0.2, 0.25) is 0 Å². The number of aryl methyl sites for hydroxylation is 1. The molecule has 3 nitrogen and oxygen atoms in total. The summed E-state index contributed by atoms with van der Waals surface area (Å²) in [5.74, 6) is -0.462. The molecule has 0 saturated carbocycles. The molecule has 0 saturated heterocycles. The molecule has 0 bridgehead atoms. The minimum Gasteiger partial charge on any atom is -0.347 e. The number of nitrogens with one attached hydrogen (secondary N) is 1. The van der Waals surface area contributed by atoms with Crippen LogP contribution in [0.5, 0.6) is 0 Å². The van der Waals surface area contributed by atoms with Crippen molar-refractivity contribution in [2.75, 3.05) is 0 Å². The molecule has 3 rings (SSSR count). The quantitative estimate of drug-likeness (QED) is 0.776. The summed E-state index contributed by atoms with van der Waals surface area (Å²) in [4.78, 5) is 17.5. The number of carbonyl (C=O) groups is 1. The predicted octanol–water partition coefficient (Wildman–Crippen LogP) is 4.25. The Kier molecular flexibility index (Phi) is 4.31. The summed E-state index contributed by atoms with van der Waals surface area (Å²) in [6.45, 7) is 2.06. The standard InChI is InChI=1S/C16H13FN2OS2/c1-10-7-11(4-5-12(10)17)8-18-15(20)13-9-22-16(19-13)14-3-2-6-21-14/h2-7,9H,8H2,1H3,(H,18,20). The third-order valence-electron chi connectivity index (χ3n) is 3.14. The Bertz CT molecular complexity index is 796. The summed E-state index contributed by atoms with van der Waals surface area (Å²) in [7, 11) is 0. The van der Waals surface area contributed by atoms with E-state index in [0.29, 0.717) is 17.8 Å². The highest BCUT2D eigenvalue weighted by atomic mass is 32.1. The lowest BCUT2D eigenvalue weighted by Gasteiger charge is -2.05. The van der Waals surface area contributed by atoms with Crippen molar-refractivity contribution >= 4 is 28.6 Å². The Morgan fingerprint density at radius 1 is 1.32 bits per heavy atom. The van der Waals surface area contributed by atoms with Gasteiger partial charge in [-0.25, -0.2) is 9.37 Å². The summed E-state index contributed by atoms with van der Waals surface area (Å²) in [6.07, 6.45) is 0. The predicted molar refractivity (Wildman–Crippen MR) is 87.7 cm³/mol. The molecular weight excluding hydrogens is 319 g/mol. The van der Waals surface area contributed by atoms with Gasteiger partial charge in [-0.15, -0.1) is 22.7 Å². The van der Waals surface area contributed by atoms with Gasteiger partial charge in [-0.05, 0) is 35.6 Å². The fourth-order valence-electron chi connectivity index (χ4n) is 1.98. The number of amides is 1. The first-order valence-electron chi connectivity index (χ1n) is 6.66. The third-order valence-corrected chi connectivity index (χ3v) is 5.03. The maximum Gasteiger partial charge on any atom is 0.271 e. The topological polar surface area (TPSA) is 42.0 Å². The Morgan fingerprint density at radius 3 is 2.91 bits per heavy atom. The number of benzene rings is 1. The zero-order chi connectivity index (χ0) is 15.5. The van der Waals surface area contributed by atoms with Crippen molar-refractivity contribution in [3.8, 4) is 9.88 Å². The summed E-state index contributed by atoms with van der Waals surface area (Å²) in [5, 5.41) is 7.38. The van der Waals surface area contributed by atoms with Crippen molar-refractivity contribution in [3.05, 3.63) is 63.7 Å². The smallest absolute Gasteiger partial charge is 0.271 e. The van der Waals surface area contributed by atoms with Crippen LogP contribution < -0.4 is 5.32 Å². The van der Waals surface area contributed by atoms with Gasteiger partial charge in [0.15, 0.2) is 0 Å². The number of thiophene rings is 1. The second-order valence-corrected chi connectivity index (χ2v) is 6.59. The van der Waals surface area contributed by atoms with E-state index in [1.165, 1.54) is 17.4 Å². The van der Waals surface area contributed by atoms with Gasteiger partial charge in [0, 0.05) is 11.9 Å². The fraction of sp³-hybridized carbons (Fsp3) is 0.125. The molecule has 1 amide bonds. The molecule has 0 atom stereocenters. The maximum atomic E-state index is 13.2. The van der Waals surface area contributed by atoms with Gasteiger partial charge in [0.05, 0.1) is 4.88 Å². The molecule has 2 aromatic heterocycles. The second-order valence-electron chi connectivity index (χ2n) is 4.78. The van der Waals surface area contributed by atoms with E-state index in [9.17, 15) is 9.18 Å². The summed E-state index contributed by atoms with van der Waals surface area (Å²) >= 11 is 3.05. The normalized spacial score (nSPS) is 10.6. The Labute approximate surface area is 135 Å². The van der Waals surface area contributed by atoms with E-state index in [1.807, 2.05) is 17.5 Å². The monoisotopic (exact) mass is 332 g/mol. The molecule has 0 spiro atoms. The maximum absolute atomic E-state index is 13.2. The van der Waals surface area contributed by atoms with Gasteiger partial charge in [-0.3, -0.25) is 4.79 Å². The van der Waals surface area contributed by atoms with E-state index in [0.717, 1.165) is 15.4 Å². The molecule has 2 heterocycles. The minimum atomic E-state index is -0.241. The van der Waals surface area contributed by atoms with Crippen LogP contribution in [-0.2, 0) is 6.54 Å². The van der Waals surface area contributed by atoms with Crippen molar-refractivity contribution < 1.29 is 9.18 Å². The average Bonchev–Trinajstić information content (AvgIpc) is 3.18. The molecule has 0 radical (unpaired) electrons. The average molecular weight is 332 g/mol. The van der Waals surface area contributed by atoms with Crippen molar-refractivity contribution in [1.29, 1.82) is 0 Å². The molecule has 0 unspecified atom stereocenters. The van der Waals surface area contributed by atoms with Crippen LogP contribution in [0.3, 0.4) is 0 Å². The van der Waals surface area contributed by atoms with Crippen molar-refractivity contribution in [2.24, 2.45) is 0 Å². The molecule has 0 aliphatic carbocycles. The largest absolute Gasteiger partial charge is 0.347 e. The number of hydrogen-bond acceptors (Lipinski definition) is 4. The molecular formula is C16H13FN2OS2. The molecule has 112 valence electrons. The van der Waals surface area contributed by atoms with Crippen LogP contribution in [0.15, 0.2) is 41.1 Å². The highest BCUT2D eigenvalue weighted by Gasteiger charge is 2.12. The SMILES string of the molecule is Cc1cc(CNC(=O)c2csc(-c3cccs3)n2)ccc1F. The Morgan fingerprint density at radius 2 is 2.18 bits per heavy atom. The van der Waals surface area contributed by atoms with Crippen LogP contribution in [0.25, 0.3) is 9.88 Å². The highest BCUT2D eigenvalue weighted by molar-refractivity contribution is 7.20. The van der Waals surface area contributed by atoms with Gasteiger partial charge in [-0.2, -0.15) is 0 Å². The Balaban J connectivity index is 1.66. The zero-order valence-corrected chi connectivity index (χ0v) is 13.4. The third kappa shape index (κ3) is 3.23. The van der Waals surface area contributed by atoms with Gasteiger partial charge in [0.25, 0.3) is 5.91 Å². The number of hydrogen-bond donors (Lipinski definition) is 1. The van der Waals surface area contributed by atoms with E-state index >= 15 is 0 Å². The van der Waals surface area contributed by atoms with Crippen molar-refractivity contribution in [3.63, 3.8) is 0 Å². The van der Waals surface area contributed by atoms with Crippen LogP contribution in [0.1, 0.15) is 21.6 Å². The van der Waals surface area contributed by atoms with Crippen molar-refractivity contribution in [2.45, 2.75) is 13.5 Å². The van der Waals surface area contributed by atoms with Gasteiger partial charge >= 0.3 is 0 Å². The van der Waals surface area contributed by atoms with E-state index in [2.05, 4.69) is 10.3 Å². The van der Waals surface area contributed by atoms with Crippen LogP contribution in [0.4, 0.5) is 4.39 Å². The molecule has 22 heavy (non-hydrogen) atoms. The zero-order valence-electron chi connectivity index (χ0n) is 11.8. The lowest BCUT2D eigenvalue weighted by atomic mass is 10.1. The van der Waals surface area contributed by atoms with Crippen LogP contribution in [0.2, 0.25) is 0 Å². The van der Waals surface area contributed by atoms with Crippen LogP contribution >= 0.6 is 22.7 Å².